The molecule has 3 aromatic rings. The first kappa shape index (κ1) is 17.5. The number of nitrogens with one attached hydrogen (secondary N) is 1. The maximum atomic E-state index is 12.3. The Morgan fingerprint density at radius 2 is 1.80 bits per heavy atom. The van der Waals surface area contributed by atoms with Crippen LogP contribution in [0.25, 0.3) is 11.0 Å². The Kier molecular flexibility index (Phi) is 4.84. The van der Waals surface area contributed by atoms with Gasteiger partial charge in [-0.1, -0.05) is 23.2 Å². The minimum absolute atomic E-state index is 0.184. The van der Waals surface area contributed by atoms with E-state index in [1.165, 1.54) is 6.07 Å². The van der Waals surface area contributed by atoms with Crippen molar-refractivity contribution >= 4 is 40.1 Å². The van der Waals surface area contributed by atoms with Crippen LogP contribution in [-0.4, -0.2) is 5.91 Å². The third-order valence-corrected chi connectivity index (χ3v) is 4.85. The molecule has 6 heteroatoms. The normalized spacial score (nSPS) is 10.9. The molecule has 25 heavy (non-hydrogen) atoms. The van der Waals surface area contributed by atoms with Crippen LogP contribution in [0.15, 0.2) is 45.6 Å². The second-order valence-electron chi connectivity index (χ2n) is 5.79. The summed E-state index contributed by atoms with van der Waals surface area (Å²) in [5.41, 5.74) is 2.79. The highest BCUT2D eigenvalue weighted by molar-refractivity contribution is 6.33. The Morgan fingerprint density at radius 3 is 2.48 bits per heavy atom. The fourth-order valence-corrected chi connectivity index (χ4v) is 3.05. The summed E-state index contributed by atoms with van der Waals surface area (Å²) in [6.07, 6.45) is 0. The molecule has 0 radical (unpaired) electrons. The summed E-state index contributed by atoms with van der Waals surface area (Å²) in [7, 11) is 0. The molecule has 1 amide bonds. The molecule has 128 valence electrons. The van der Waals surface area contributed by atoms with E-state index in [1.54, 1.807) is 30.3 Å². The molecule has 0 saturated carbocycles. The monoisotopic (exact) mass is 375 g/mol. The topological polar surface area (TPSA) is 59.3 Å². The molecule has 1 aromatic heterocycles. The van der Waals surface area contributed by atoms with Crippen molar-refractivity contribution in [2.75, 3.05) is 0 Å². The Balaban J connectivity index is 1.96. The number of rotatable bonds is 3. The Labute approximate surface area is 154 Å². The third kappa shape index (κ3) is 3.55. The Bertz CT molecular complexity index is 1020. The second-order valence-corrected chi connectivity index (χ2v) is 6.60. The van der Waals surface area contributed by atoms with E-state index in [0.717, 1.165) is 16.5 Å². The molecule has 0 spiro atoms. The van der Waals surface area contributed by atoms with Gasteiger partial charge in [0.05, 0.1) is 0 Å². The van der Waals surface area contributed by atoms with Gasteiger partial charge in [-0.05, 0) is 60.9 Å². The number of hydrogen-bond donors (Lipinski definition) is 1. The largest absolute Gasteiger partial charge is 0.423 e. The molecule has 3 rings (SSSR count). The van der Waals surface area contributed by atoms with E-state index in [2.05, 4.69) is 5.32 Å². The number of hydrogen-bond acceptors (Lipinski definition) is 3. The molecule has 0 aliphatic carbocycles. The summed E-state index contributed by atoms with van der Waals surface area (Å²) in [6, 6.07) is 9.69. The van der Waals surface area contributed by atoms with Gasteiger partial charge in [0.2, 0.25) is 0 Å². The Hall–Kier alpha value is -2.30. The average Bonchev–Trinajstić information content (AvgIpc) is 2.57. The van der Waals surface area contributed by atoms with Gasteiger partial charge in [0, 0.05) is 33.6 Å². The van der Waals surface area contributed by atoms with Crippen LogP contribution in [0.3, 0.4) is 0 Å². The van der Waals surface area contributed by atoms with Crippen LogP contribution >= 0.6 is 23.2 Å². The lowest BCUT2D eigenvalue weighted by molar-refractivity contribution is 0.0951. The van der Waals surface area contributed by atoms with Crippen LogP contribution in [0.4, 0.5) is 0 Å². The highest BCUT2D eigenvalue weighted by Gasteiger charge is 2.14. The van der Waals surface area contributed by atoms with Gasteiger partial charge < -0.3 is 9.73 Å². The van der Waals surface area contributed by atoms with Crippen molar-refractivity contribution < 1.29 is 9.21 Å². The van der Waals surface area contributed by atoms with Crippen LogP contribution in [0.1, 0.15) is 27.0 Å². The molecule has 0 aliphatic heterocycles. The summed E-state index contributed by atoms with van der Waals surface area (Å²) in [6.45, 7) is 3.90. The SMILES string of the molecule is Cc1cc2oc(=O)cc(CNC(=O)c3ccc(Cl)cc3)c2c(C)c1Cl. The van der Waals surface area contributed by atoms with Crippen molar-refractivity contribution in [1.82, 2.24) is 5.32 Å². The predicted octanol–water partition coefficient (Wildman–Crippen LogP) is 4.65. The van der Waals surface area contributed by atoms with Gasteiger partial charge in [-0.2, -0.15) is 0 Å². The van der Waals surface area contributed by atoms with Gasteiger partial charge in [-0.25, -0.2) is 4.79 Å². The number of carbonyl (C=O) groups excluding carboxylic acids is 1. The zero-order chi connectivity index (χ0) is 18.1. The fraction of sp³-hybridized carbons (Fsp3) is 0.158. The van der Waals surface area contributed by atoms with Crippen molar-refractivity contribution in [2.24, 2.45) is 0 Å². The lowest BCUT2D eigenvalue weighted by Gasteiger charge is -2.12. The van der Waals surface area contributed by atoms with Crippen LogP contribution < -0.4 is 10.9 Å². The van der Waals surface area contributed by atoms with Crippen molar-refractivity contribution in [2.45, 2.75) is 20.4 Å². The second kappa shape index (κ2) is 6.90. The molecule has 0 saturated heterocycles. The predicted molar refractivity (Wildman–Crippen MR) is 99.6 cm³/mol. The first-order chi connectivity index (χ1) is 11.9. The highest BCUT2D eigenvalue weighted by atomic mass is 35.5. The van der Waals surface area contributed by atoms with E-state index < -0.39 is 5.63 Å². The van der Waals surface area contributed by atoms with Gasteiger partial charge in [0.15, 0.2) is 0 Å². The summed E-state index contributed by atoms with van der Waals surface area (Å²) in [5, 5.41) is 4.73. The molecule has 2 aromatic carbocycles. The lowest BCUT2D eigenvalue weighted by Crippen LogP contribution is -2.23. The van der Waals surface area contributed by atoms with Crippen LogP contribution in [0.2, 0.25) is 10.0 Å². The summed E-state index contributed by atoms with van der Waals surface area (Å²) < 4.78 is 5.28. The number of aryl methyl sites for hydroxylation is 2. The first-order valence-electron chi connectivity index (χ1n) is 7.63. The number of carbonyl (C=O) groups is 1. The maximum Gasteiger partial charge on any atom is 0.336 e. The minimum Gasteiger partial charge on any atom is -0.423 e. The van der Waals surface area contributed by atoms with E-state index in [4.69, 9.17) is 27.6 Å². The van der Waals surface area contributed by atoms with Gasteiger partial charge >= 0.3 is 5.63 Å². The van der Waals surface area contributed by atoms with Crippen LogP contribution in [-0.2, 0) is 6.54 Å². The molecule has 0 bridgehead atoms. The Morgan fingerprint density at radius 1 is 1.12 bits per heavy atom. The van der Waals surface area contributed by atoms with E-state index in [1.807, 2.05) is 13.8 Å². The van der Waals surface area contributed by atoms with Gasteiger partial charge in [0.25, 0.3) is 5.91 Å². The van der Waals surface area contributed by atoms with Crippen molar-refractivity contribution in [3.63, 3.8) is 0 Å². The van der Waals surface area contributed by atoms with Crippen molar-refractivity contribution in [1.29, 1.82) is 0 Å². The highest BCUT2D eigenvalue weighted by Crippen LogP contribution is 2.30. The molecule has 1 N–H and O–H groups in total. The zero-order valence-corrected chi connectivity index (χ0v) is 15.2. The molecule has 0 unspecified atom stereocenters. The number of amides is 1. The van der Waals surface area contributed by atoms with Gasteiger partial charge in [-0.15, -0.1) is 0 Å². The average molecular weight is 376 g/mol. The smallest absolute Gasteiger partial charge is 0.336 e. The maximum absolute atomic E-state index is 12.3. The van der Waals surface area contributed by atoms with Gasteiger partial charge in [0.1, 0.15) is 5.58 Å². The molecule has 0 aliphatic rings. The standard InChI is InChI=1S/C19H15Cl2NO3/c1-10-7-15-17(11(2)18(10)21)13(8-16(23)25-15)9-22-19(24)12-3-5-14(20)6-4-12/h3-8H,9H2,1-2H3,(H,22,24). The molecule has 4 nitrogen and oxygen atoms in total. The lowest BCUT2D eigenvalue weighted by atomic mass is 10.0. The van der Waals surface area contributed by atoms with Gasteiger partial charge in [-0.3, -0.25) is 4.79 Å². The van der Waals surface area contributed by atoms with Crippen LogP contribution in [0, 0.1) is 13.8 Å². The summed E-state index contributed by atoms with van der Waals surface area (Å²) >= 11 is 12.1. The number of benzene rings is 2. The quantitative estimate of drug-likeness (QED) is 0.677. The number of fused-ring (bicyclic) bond motifs is 1. The first-order valence-corrected chi connectivity index (χ1v) is 8.38. The van der Waals surface area contributed by atoms with Crippen molar-refractivity contribution in [3.05, 3.63) is 79.1 Å². The van der Waals surface area contributed by atoms with E-state index in [9.17, 15) is 9.59 Å². The third-order valence-electron chi connectivity index (χ3n) is 4.01. The van der Waals surface area contributed by atoms with E-state index >= 15 is 0 Å². The zero-order valence-electron chi connectivity index (χ0n) is 13.7. The summed E-state index contributed by atoms with van der Waals surface area (Å²) in [5.74, 6) is -0.256. The number of halogens is 2. The van der Waals surface area contributed by atoms with E-state index in [-0.39, 0.29) is 12.5 Å². The minimum atomic E-state index is -0.468. The van der Waals surface area contributed by atoms with Crippen molar-refractivity contribution in [3.8, 4) is 0 Å². The fourth-order valence-electron chi connectivity index (χ4n) is 2.77. The molecule has 0 fully saturated rings. The van der Waals surface area contributed by atoms with Crippen LogP contribution in [0.5, 0.6) is 0 Å². The molecule has 1 heterocycles. The molecule has 0 atom stereocenters. The molecular formula is C19H15Cl2NO3. The molecular weight excluding hydrogens is 361 g/mol. The van der Waals surface area contributed by atoms with E-state index in [0.29, 0.717) is 26.8 Å². The summed E-state index contributed by atoms with van der Waals surface area (Å²) in [4.78, 5) is 24.1.